The molecule has 0 spiro atoms. The summed E-state index contributed by atoms with van der Waals surface area (Å²) in [6.07, 6.45) is -4.67. The van der Waals surface area contributed by atoms with Crippen molar-refractivity contribution in [1.82, 2.24) is 5.32 Å². The average Bonchev–Trinajstić information content (AvgIpc) is 2.39. The summed E-state index contributed by atoms with van der Waals surface area (Å²) in [5.41, 5.74) is 2.71. The molecular weight excluding hydrogens is 279 g/mol. The number of nitrogens with one attached hydrogen (secondary N) is 1. The van der Waals surface area contributed by atoms with E-state index in [4.69, 9.17) is 0 Å². The van der Waals surface area contributed by atoms with Crippen LogP contribution >= 0.6 is 0 Å². The molecule has 0 aromatic heterocycles. The van der Waals surface area contributed by atoms with E-state index in [0.717, 1.165) is 11.1 Å². The number of alkyl halides is 3. The Labute approximate surface area is 121 Å². The highest BCUT2D eigenvalue weighted by atomic mass is 19.4. The maximum absolute atomic E-state index is 12.3. The molecular formula is C16H16F3NO. The van der Waals surface area contributed by atoms with Crippen LogP contribution in [0.5, 0.6) is 5.75 Å². The topological polar surface area (TPSA) is 21.3 Å². The lowest BCUT2D eigenvalue weighted by Crippen LogP contribution is -2.20. The molecule has 0 bridgehead atoms. The van der Waals surface area contributed by atoms with Crippen LogP contribution in [0, 0.1) is 6.92 Å². The van der Waals surface area contributed by atoms with Gasteiger partial charge < -0.3 is 10.1 Å². The van der Waals surface area contributed by atoms with E-state index < -0.39 is 6.36 Å². The third-order valence-electron chi connectivity index (χ3n) is 2.93. The van der Waals surface area contributed by atoms with Crippen molar-refractivity contribution in [2.45, 2.75) is 26.4 Å². The number of benzene rings is 2. The van der Waals surface area contributed by atoms with Gasteiger partial charge >= 0.3 is 6.36 Å². The van der Waals surface area contributed by atoms with Crippen molar-refractivity contribution in [2.24, 2.45) is 0 Å². The first kappa shape index (κ1) is 15.4. The third kappa shape index (κ3) is 5.11. The molecule has 5 heteroatoms. The minimum atomic E-state index is -4.67. The van der Waals surface area contributed by atoms with Crippen LogP contribution in [0.2, 0.25) is 0 Å². The molecule has 2 aromatic carbocycles. The highest BCUT2D eigenvalue weighted by Gasteiger charge is 2.31. The maximum Gasteiger partial charge on any atom is 0.573 e. The van der Waals surface area contributed by atoms with Crippen LogP contribution in [0.15, 0.2) is 48.5 Å². The molecule has 0 heterocycles. The molecule has 2 aromatic rings. The van der Waals surface area contributed by atoms with Crippen LogP contribution < -0.4 is 10.1 Å². The summed E-state index contributed by atoms with van der Waals surface area (Å²) in [5, 5.41) is 3.12. The van der Waals surface area contributed by atoms with E-state index in [9.17, 15) is 13.2 Å². The van der Waals surface area contributed by atoms with Gasteiger partial charge in [-0.2, -0.15) is 0 Å². The van der Waals surface area contributed by atoms with E-state index in [0.29, 0.717) is 18.7 Å². The minimum absolute atomic E-state index is 0.165. The van der Waals surface area contributed by atoms with Crippen molar-refractivity contribution in [3.8, 4) is 5.75 Å². The fourth-order valence-electron chi connectivity index (χ4n) is 2.04. The number of hydrogen-bond donors (Lipinski definition) is 1. The van der Waals surface area contributed by atoms with Gasteiger partial charge in [0.25, 0.3) is 0 Å². The predicted molar refractivity (Wildman–Crippen MR) is 74.8 cm³/mol. The Morgan fingerprint density at radius 2 is 1.76 bits per heavy atom. The zero-order chi connectivity index (χ0) is 15.3. The highest BCUT2D eigenvalue weighted by Crippen LogP contribution is 2.26. The zero-order valence-electron chi connectivity index (χ0n) is 11.6. The Balaban J connectivity index is 1.97. The van der Waals surface area contributed by atoms with E-state index >= 15 is 0 Å². The van der Waals surface area contributed by atoms with Crippen molar-refractivity contribution in [3.63, 3.8) is 0 Å². The van der Waals surface area contributed by atoms with Crippen molar-refractivity contribution in [2.75, 3.05) is 0 Å². The van der Waals surface area contributed by atoms with Crippen LogP contribution in [0.25, 0.3) is 0 Å². The number of ether oxygens (including phenoxy) is 1. The molecule has 21 heavy (non-hydrogen) atoms. The Kier molecular flexibility index (Phi) is 4.85. The monoisotopic (exact) mass is 295 g/mol. The molecule has 0 atom stereocenters. The molecule has 112 valence electrons. The number of rotatable bonds is 5. The zero-order valence-corrected chi connectivity index (χ0v) is 11.6. The summed E-state index contributed by atoms with van der Waals surface area (Å²) in [5.74, 6) is -0.165. The quantitative estimate of drug-likeness (QED) is 0.893. The molecule has 1 N–H and O–H groups in total. The summed E-state index contributed by atoms with van der Waals surface area (Å²) in [7, 11) is 0. The molecule has 0 amide bonds. The lowest BCUT2D eigenvalue weighted by Gasteiger charge is -2.13. The van der Waals surface area contributed by atoms with Gasteiger partial charge in [0.1, 0.15) is 5.75 Å². The summed E-state index contributed by atoms with van der Waals surface area (Å²) in [4.78, 5) is 0. The van der Waals surface area contributed by atoms with E-state index in [2.05, 4.69) is 10.1 Å². The molecule has 0 aliphatic rings. The molecule has 0 aliphatic carbocycles. The number of hydrogen-bond acceptors (Lipinski definition) is 2. The van der Waals surface area contributed by atoms with Crippen LogP contribution in [0.4, 0.5) is 13.2 Å². The summed E-state index contributed by atoms with van der Waals surface area (Å²) in [6, 6.07) is 14.1. The lowest BCUT2D eigenvalue weighted by atomic mass is 10.1. The SMILES string of the molecule is Cc1cccc(CNCc2ccccc2OC(F)(F)F)c1. The van der Waals surface area contributed by atoms with Crippen molar-refractivity contribution in [3.05, 3.63) is 65.2 Å². The standard InChI is InChI=1S/C16H16F3NO/c1-12-5-4-6-13(9-12)10-20-11-14-7-2-3-8-15(14)21-16(17,18)19/h2-9,20H,10-11H2,1H3. The molecule has 2 rings (SSSR count). The van der Waals surface area contributed by atoms with E-state index in [1.54, 1.807) is 12.1 Å². The second-order valence-corrected chi connectivity index (χ2v) is 4.75. The van der Waals surface area contributed by atoms with Gasteiger partial charge in [0.2, 0.25) is 0 Å². The summed E-state index contributed by atoms with van der Waals surface area (Å²) in [6.45, 7) is 2.89. The minimum Gasteiger partial charge on any atom is -0.405 e. The predicted octanol–water partition coefficient (Wildman–Crippen LogP) is 4.18. The first-order valence-electron chi connectivity index (χ1n) is 6.54. The molecule has 0 unspecified atom stereocenters. The van der Waals surface area contributed by atoms with Gasteiger partial charge in [0, 0.05) is 18.7 Å². The summed E-state index contributed by atoms with van der Waals surface area (Å²) >= 11 is 0. The maximum atomic E-state index is 12.3. The first-order valence-corrected chi connectivity index (χ1v) is 6.54. The van der Waals surface area contributed by atoms with Crippen molar-refractivity contribution in [1.29, 1.82) is 0 Å². The van der Waals surface area contributed by atoms with Gasteiger partial charge in [-0.3, -0.25) is 0 Å². The largest absolute Gasteiger partial charge is 0.573 e. The molecule has 0 radical (unpaired) electrons. The fraction of sp³-hybridized carbons (Fsp3) is 0.250. The molecule has 0 saturated heterocycles. The second-order valence-electron chi connectivity index (χ2n) is 4.75. The Hall–Kier alpha value is -2.01. The van der Waals surface area contributed by atoms with E-state index in [-0.39, 0.29) is 5.75 Å². The number of aryl methyl sites for hydroxylation is 1. The molecule has 2 nitrogen and oxygen atoms in total. The van der Waals surface area contributed by atoms with E-state index in [1.807, 2.05) is 31.2 Å². The first-order chi connectivity index (χ1) is 9.94. The van der Waals surface area contributed by atoms with Gasteiger partial charge in [-0.05, 0) is 18.6 Å². The van der Waals surface area contributed by atoms with Crippen molar-refractivity contribution < 1.29 is 17.9 Å². The smallest absolute Gasteiger partial charge is 0.405 e. The van der Waals surface area contributed by atoms with Crippen LogP contribution in [-0.4, -0.2) is 6.36 Å². The Morgan fingerprint density at radius 1 is 1.00 bits per heavy atom. The number of halogens is 3. The molecule has 0 aliphatic heterocycles. The van der Waals surface area contributed by atoms with Crippen molar-refractivity contribution >= 4 is 0 Å². The third-order valence-corrected chi connectivity index (χ3v) is 2.93. The van der Waals surface area contributed by atoms with Gasteiger partial charge in [-0.15, -0.1) is 13.2 Å². The summed E-state index contributed by atoms with van der Waals surface area (Å²) < 4.78 is 40.9. The number of para-hydroxylation sites is 1. The Morgan fingerprint density at radius 3 is 2.48 bits per heavy atom. The van der Waals surface area contributed by atoms with Gasteiger partial charge in [0.15, 0.2) is 0 Å². The van der Waals surface area contributed by atoms with E-state index in [1.165, 1.54) is 12.1 Å². The fourth-order valence-corrected chi connectivity index (χ4v) is 2.04. The van der Waals surface area contributed by atoms with Gasteiger partial charge in [-0.1, -0.05) is 48.0 Å². The van der Waals surface area contributed by atoms with Crippen LogP contribution in [-0.2, 0) is 13.1 Å². The normalized spacial score (nSPS) is 11.4. The van der Waals surface area contributed by atoms with Gasteiger partial charge in [-0.25, -0.2) is 0 Å². The highest BCUT2D eigenvalue weighted by molar-refractivity contribution is 5.33. The van der Waals surface area contributed by atoms with Crippen LogP contribution in [0.3, 0.4) is 0 Å². The Bertz CT molecular complexity index is 596. The average molecular weight is 295 g/mol. The lowest BCUT2D eigenvalue weighted by molar-refractivity contribution is -0.274. The molecule has 0 saturated carbocycles. The van der Waals surface area contributed by atoms with Gasteiger partial charge in [0.05, 0.1) is 0 Å². The second kappa shape index (κ2) is 6.63. The van der Waals surface area contributed by atoms with Crippen LogP contribution in [0.1, 0.15) is 16.7 Å². The molecule has 0 fully saturated rings.